The molecule has 1 amide bonds. The van der Waals surface area contributed by atoms with Gasteiger partial charge in [-0.25, -0.2) is 4.39 Å². The fourth-order valence-corrected chi connectivity index (χ4v) is 3.73. The predicted octanol–water partition coefficient (Wildman–Crippen LogP) is 3.25. The summed E-state index contributed by atoms with van der Waals surface area (Å²) in [4.78, 5) is 13.1. The molecule has 1 aromatic heterocycles. The molecule has 6 heteroatoms. The fourth-order valence-electron chi connectivity index (χ4n) is 2.64. The monoisotopic (exact) mass is 328 g/mol. The maximum atomic E-state index is 13.3. The molecule has 0 aliphatic carbocycles. The van der Waals surface area contributed by atoms with E-state index in [-0.39, 0.29) is 30.2 Å². The maximum Gasteiger partial charge on any atom is 0.261 e. The Labute approximate surface area is 133 Å². The summed E-state index contributed by atoms with van der Waals surface area (Å²) in [6.45, 7) is 3.73. The number of benzene rings is 1. The number of halogens is 2. The van der Waals surface area contributed by atoms with Crippen molar-refractivity contribution in [1.29, 1.82) is 0 Å². The third kappa shape index (κ3) is 3.36. The predicted molar refractivity (Wildman–Crippen MR) is 87.1 cm³/mol. The number of hydrogen-bond donors (Lipinski definition) is 2. The van der Waals surface area contributed by atoms with E-state index in [2.05, 4.69) is 10.6 Å². The lowest BCUT2D eigenvalue weighted by molar-refractivity contribution is 0.0934. The molecular formula is C15H18ClFN2OS. The molecule has 0 bridgehead atoms. The summed E-state index contributed by atoms with van der Waals surface area (Å²) < 4.78 is 14.2. The Balaban J connectivity index is 0.00000161. The first kappa shape index (κ1) is 16.2. The van der Waals surface area contributed by atoms with Crippen molar-refractivity contribution in [2.45, 2.75) is 25.8 Å². The van der Waals surface area contributed by atoms with E-state index in [1.165, 1.54) is 23.5 Å². The molecule has 1 saturated heterocycles. The van der Waals surface area contributed by atoms with Crippen molar-refractivity contribution in [3.8, 4) is 0 Å². The summed E-state index contributed by atoms with van der Waals surface area (Å²) in [6.07, 6.45) is 2.10. The van der Waals surface area contributed by atoms with E-state index in [0.29, 0.717) is 4.88 Å². The molecule has 1 atom stereocenters. The van der Waals surface area contributed by atoms with Gasteiger partial charge in [0.05, 0.1) is 4.88 Å². The van der Waals surface area contributed by atoms with Gasteiger partial charge in [-0.15, -0.1) is 23.7 Å². The summed E-state index contributed by atoms with van der Waals surface area (Å²) in [5, 5.41) is 7.18. The van der Waals surface area contributed by atoms with E-state index >= 15 is 0 Å². The second kappa shape index (κ2) is 6.73. The molecule has 0 spiro atoms. The maximum absolute atomic E-state index is 13.3. The van der Waals surface area contributed by atoms with Gasteiger partial charge in [-0.1, -0.05) is 0 Å². The number of thiophene rings is 1. The summed E-state index contributed by atoms with van der Waals surface area (Å²) in [5.74, 6) is -0.306. The van der Waals surface area contributed by atoms with Crippen molar-refractivity contribution in [3.63, 3.8) is 0 Å². The van der Waals surface area contributed by atoms with Gasteiger partial charge in [0.25, 0.3) is 5.91 Å². The highest BCUT2D eigenvalue weighted by molar-refractivity contribution is 7.21. The molecular weight excluding hydrogens is 311 g/mol. The number of fused-ring (bicyclic) bond motifs is 1. The molecule has 3 nitrogen and oxygen atoms in total. The highest BCUT2D eigenvalue weighted by atomic mass is 35.5. The Morgan fingerprint density at radius 1 is 1.48 bits per heavy atom. The average Bonchev–Trinajstić information content (AvgIpc) is 2.77. The Morgan fingerprint density at radius 3 is 3.00 bits per heavy atom. The van der Waals surface area contributed by atoms with Gasteiger partial charge in [0.15, 0.2) is 0 Å². The first-order valence-electron chi connectivity index (χ1n) is 6.85. The van der Waals surface area contributed by atoms with Crippen LogP contribution in [0, 0.1) is 12.7 Å². The Hall–Kier alpha value is -1.17. The molecule has 2 N–H and O–H groups in total. The van der Waals surface area contributed by atoms with Gasteiger partial charge in [-0.3, -0.25) is 4.79 Å². The summed E-state index contributed by atoms with van der Waals surface area (Å²) in [5.41, 5.74) is 0.866. The number of carbonyl (C=O) groups is 1. The molecule has 1 fully saturated rings. The van der Waals surface area contributed by atoms with Crippen LogP contribution in [0.2, 0.25) is 0 Å². The van der Waals surface area contributed by atoms with Crippen LogP contribution in [0.4, 0.5) is 4.39 Å². The van der Waals surface area contributed by atoms with Crippen molar-refractivity contribution in [1.82, 2.24) is 10.6 Å². The van der Waals surface area contributed by atoms with Crippen molar-refractivity contribution < 1.29 is 9.18 Å². The van der Waals surface area contributed by atoms with Gasteiger partial charge < -0.3 is 10.6 Å². The number of nitrogens with one attached hydrogen (secondary N) is 2. The van der Waals surface area contributed by atoms with E-state index < -0.39 is 0 Å². The molecule has 1 unspecified atom stereocenters. The minimum absolute atomic E-state index is 0. The zero-order valence-electron chi connectivity index (χ0n) is 11.7. The largest absolute Gasteiger partial charge is 0.347 e. The first-order chi connectivity index (χ1) is 9.65. The average molecular weight is 329 g/mol. The van der Waals surface area contributed by atoms with Crippen LogP contribution < -0.4 is 10.6 Å². The lowest BCUT2D eigenvalue weighted by Crippen LogP contribution is -2.45. The molecule has 1 aliphatic heterocycles. The highest BCUT2D eigenvalue weighted by Crippen LogP contribution is 2.31. The molecule has 0 radical (unpaired) electrons. The highest BCUT2D eigenvalue weighted by Gasteiger charge is 2.20. The SMILES string of the molecule is Cc1c(C(=O)NC2CCCNC2)sc2ccc(F)cc12.Cl. The minimum atomic E-state index is -0.262. The quantitative estimate of drug-likeness (QED) is 0.888. The Kier molecular flexibility index (Phi) is 5.19. The number of carbonyl (C=O) groups excluding carboxylic acids is 1. The van der Waals surface area contributed by atoms with Crippen LogP contribution >= 0.6 is 23.7 Å². The number of rotatable bonds is 2. The van der Waals surface area contributed by atoms with Gasteiger partial charge in [0.1, 0.15) is 5.82 Å². The van der Waals surface area contributed by atoms with E-state index in [1.54, 1.807) is 6.07 Å². The lowest BCUT2D eigenvalue weighted by atomic mass is 10.1. The molecule has 2 aromatic rings. The third-order valence-corrected chi connectivity index (χ3v) is 5.01. The standard InChI is InChI=1S/C15H17FN2OS.ClH/c1-9-12-7-10(16)4-5-13(12)20-14(9)15(19)18-11-3-2-6-17-8-11;/h4-5,7,11,17H,2-3,6,8H2,1H3,(H,18,19);1H. The second-order valence-corrected chi connectivity index (χ2v) is 6.27. The number of piperidine rings is 1. The van der Waals surface area contributed by atoms with Crippen LogP contribution in [0.1, 0.15) is 28.1 Å². The van der Waals surface area contributed by atoms with Crippen LogP contribution in [0.3, 0.4) is 0 Å². The zero-order valence-corrected chi connectivity index (χ0v) is 13.4. The van der Waals surface area contributed by atoms with Crippen molar-refractivity contribution in [3.05, 3.63) is 34.5 Å². The van der Waals surface area contributed by atoms with E-state index in [1.807, 2.05) is 6.92 Å². The van der Waals surface area contributed by atoms with Gasteiger partial charge >= 0.3 is 0 Å². The molecule has 114 valence electrons. The smallest absolute Gasteiger partial charge is 0.261 e. The molecule has 1 aromatic carbocycles. The van der Waals surface area contributed by atoms with Crippen LogP contribution in [0.15, 0.2) is 18.2 Å². The molecule has 0 saturated carbocycles. The number of amides is 1. The van der Waals surface area contributed by atoms with Gasteiger partial charge in [-0.05, 0) is 55.5 Å². The Morgan fingerprint density at radius 2 is 2.29 bits per heavy atom. The molecule has 1 aliphatic rings. The van der Waals surface area contributed by atoms with Crippen LogP contribution in [0.25, 0.3) is 10.1 Å². The molecule has 2 heterocycles. The van der Waals surface area contributed by atoms with Crippen molar-refractivity contribution in [2.24, 2.45) is 0 Å². The summed E-state index contributed by atoms with van der Waals surface area (Å²) >= 11 is 1.43. The van der Waals surface area contributed by atoms with E-state index in [0.717, 1.165) is 41.6 Å². The minimum Gasteiger partial charge on any atom is -0.347 e. The normalized spacial score (nSPS) is 18.3. The van der Waals surface area contributed by atoms with Crippen LogP contribution in [0.5, 0.6) is 0 Å². The van der Waals surface area contributed by atoms with Gasteiger partial charge in [-0.2, -0.15) is 0 Å². The number of hydrogen-bond acceptors (Lipinski definition) is 3. The van der Waals surface area contributed by atoms with E-state index in [9.17, 15) is 9.18 Å². The first-order valence-corrected chi connectivity index (χ1v) is 7.67. The number of aryl methyl sites for hydroxylation is 1. The van der Waals surface area contributed by atoms with Gasteiger partial charge in [0, 0.05) is 17.3 Å². The van der Waals surface area contributed by atoms with Gasteiger partial charge in [0.2, 0.25) is 0 Å². The summed E-state index contributed by atoms with van der Waals surface area (Å²) in [6, 6.07) is 4.87. The van der Waals surface area contributed by atoms with Crippen LogP contribution in [-0.4, -0.2) is 25.0 Å². The third-order valence-electron chi connectivity index (χ3n) is 3.74. The summed E-state index contributed by atoms with van der Waals surface area (Å²) in [7, 11) is 0. The Bertz CT molecular complexity index is 652. The second-order valence-electron chi connectivity index (χ2n) is 5.21. The molecule has 3 rings (SSSR count). The van der Waals surface area contributed by atoms with E-state index in [4.69, 9.17) is 0 Å². The lowest BCUT2D eigenvalue weighted by Gasteiger charge is -2.23. The fraction of sp³-hybridized carbons (Fsp3) is 0.400. The topological polar surface area (TPSA) is 41.1 Å². The van der Waals surface area contributed by atoms with Crippen LogP contribution in [-0.2, 0) is 0 Å². The van der Waals surface area contributed by atoms with Crippen molar-refractivity contribution in [2.75, 3.05) is 13.1 Å². The van der Waals surface area contributed by atoms with Crippen molar-refractivity contribution >= 4 is 39.7 Å². The zero-order chi connectivity index (χ0) is 14.1. The molecule has 21 heavy (non-hydrogen) atoms.